The molecule has 23 heavy (non-hydrogen) atoms. The van der Waals surface area contributed by atoms with Crippen LogP contribution < -0.4 is 16.8 Å². The number of aromatic nitrogens is 4. The summed E-state index contributed by atoms with van der Waals surface area (Å²) in [6.45, 7) is 2.02. The van der Waals surface area contributed by atoms with E-state index in [1.165, 1.54) is 0 Å². The van der Waals surface area contributed by atoms with Crippen LogP contribution in [0, 0.1) is 0 Å². The first-order valence-corrected chi connectivity index (χ1v) is 7.48. The zero-order valence-corrected chi connectivity index (χ0v) is 13.5. The molecule has 0 aromatic carbocycles. The van der Waals surface area contributed by atoms with Gasteiger partial charge in [0.15, 0.2) is 5.82 Å². The van der Waals surface area contributed by atoms with E-state index in [1.807, 2.05) is 25.2 Å². The number of aromatic amines is 1. The molecule has 2 aromatic heterocycles. The molecular weight excluding hydrogens is 320 g/mol. The standard InChI is InChI=1S/C14H17ClN6O2/c1-3-4-5-8(6-7-15)9-10(17-2)11(16)19-12(18-9)13-20-14(22)23-21-13/h4-6,17H,3,7H2,1-2H3,(H2,16,18,19)(H,20,21,22)/b5-4-,8-6+. The van der Waals surface area contributed by atoms with Crippen LogP contribution in [0.5, 0.6) is 0 Å². The maximum atomic E-state index is 11.1. The first kappa shape index (κ1) is 16.8. The van der Waals surface area contributed by atoms with E-state index in [1.54, 1.807) is 7.05 Å². The molecule has 0 fully saturated rings. The third-order valence-corrected chi connectivity index (χ3v) is 3.10. The monoisotopic (exact) mass is 336 g/mol. The average molecular weight is 337 g/mol. The largest absolute Gasteiger partial charge is 0.439 e. The predicted octanol–water partition coefficient (Wildman–Crippen LogP) is 2.03. The molecule has 0 radical (unpaired) electrons. The summed E-state index contributed by atoms with van der Waals surface area (Å²) < 4.78 is 4.48. The molecule has 8 nitrogen and oxygen atoms in total. The Balaban J connectivity index is 2.64. The molecule has 2 rings (SSSR count). The SMILES string of the molecule is CC/C=C\C(=C/CCl)c1nc(-c2noc(=O)[nH]2)nc(N)c1NC. The minimum Gasteiger partial charge on any atom is -0.383 e. The van der Waals surface area contributed by atoms with Crippen molar-refractivity contribution < 1.29 is 4.52 Å². The Labute approximate surface area is 137 Å². The van der Waals surface area contributed by atoms with Crippen LogP contribution in [0.2, 0.25) is 0 Å². The van der Waals surface area contributed by atoms with Crippen molar-refractivity contribution in [1.82, 2.24) is 20.1 Å². The summed E-state index contributed by atoms with van der Waals surface area (Å²) in [6.07, 6.45) is 6.55. The molecule has 0 spiro atoms. The number of hydrogen-bond donors (Lipinski definition) is 3. The van der Waals surface area contributed by atoms with Crippen LogP contribution in [0.15, 0.2) is 27.5 Å². The van der Waals surface area contributed by atoms with Crippen LogP contribution in [0.3, 0.4) is 0 Å². The lowest BCUT2D eigenvalue weighted by molar-refractivity contribution is 0.387. The maximum absolute atomic E-state index is 11.1. The van der Waals surface area contributed by atoms with Gasteiger partial charge in [0.2, 0.25) is 11.6 Å². The van der Waals surface area contributed by atoms with Crippen LogP contribution >= 0.6 is 11.6 Å². The van der Waals surface area contributed by atoms with Gasteiger partial charge in [0.25, 0.3) is 0 Å². The van der Waals surface area contributed by atoms with Gasteiger partial charge in [-0.2, -0.15) is 0 Å². The smallest absolute Gasteiger partial charge is 0.383 e. The van der Waals surface area contributed by atoms with Gasteiger partial charge in [-0.1, -0.05) is 30.3 Å². The van der Waals surface area contributed by atoms with Gasteiger partial charge >= 0.3 is 5.76 Å². The molecule has 0 aliphatic heterocycles. The van der Waals surface area contributed by atoms with E-state index < -0.39 is 5.76 Å². The molecule has 0 aliphatic carbocycles. The fourth-order valence-corrected chi connectivity index (χ4v) is 2.10. The second-order valence-corrected chi connectivity index (χ2v) is 4.78. The summed E-state index contributed by atoms with van der Waals surface area (Å²) in [6, 6.07) is 0. The Morgan fingerprint density at radius 1 is 1.48 bits per heavy atom. The van der Waals surface area contributed by atoms with Crippen LogP contribution in [0.25, 0.3) is 17.2 Å². The van der Waals surface area contributed by atoms with Crippen molar-refractivity contribution in [2.24, 2.45) is 0 Å². The van der Waals surface area contributed by atoms with Crippen LogP contribution in [-0.4, -0.2) is 33.0 Å². The lowest BCUT2D eigenvalue weighted by Crippen LogP contribution is -2.08. The zero-order valence-electron chi connectivity index (χ0n) is 12.8. The van der Waals surface area contributed by atoms with Crippen LogP contribution in [-0.2, 0) is 0 Å². The molecule has 122 valence electrons. The Kier molecular flexibility index (Phi) is 5.53. The topological polar surface area (TPSA) is 123 Å². The van der Waals surface area contributed by atoms with Crippen LogP contribution in [0.4, 0.5) is 11.5 Å². The number of anilines is 2. The maximum Gasteiger partial charge on any atom is 0.439 e. The highest BCUT2D eigenvalue weighted by Crippen LogP contribution is 2.29. The van der Waals surface area contributed by atoms with Gasteiger partial charge in [-0.25, -0.2) is 14.8 Å². The summed E-state index contributed by atoms with van der Waals surface area (Å²) in [5, 5.41) is 6.56. The van der Waals surface area contributed by atoms with Crippen molar-refractivity contribution in [2.75, 3.05) is 24.0 Å². The quantitative estimate of drug-likeness (QED) is 0.544. The summed E-state index contributed by atoms with van der Waals surface area (Å²) in [7, 11) is 1.72. The van der Waals surface area contributed by atoms with Gasteiger partial charge in [-0.05, 0) is 12.0 Å². The van der Waals surface area contributed by atoms with E-state index in [9.17, 15) is 4.79 Å². The second kappa shape index (κ2) is 7.59. The van der Waals surface area contributed by atoms with E-state index in [2.05, 4.69) is 29.9 Å². The Morgan fingerprint density at radius 2 is 2.26 bits per heavy atom. The first-order valence-electron chi connectivity index (χ1n) is 6.95. The van der Waals surface area contributed by atoms with Crippen molar-refractivity contribution in [3.05, 3.63) is 34.5 Å². The molecule has 0 saturated carbocycles. The van der Waals surface area contributed by atoms with Crippen molar-refractivity contribution in [3.8, 4) is 11.6 Å². The molecule has 9 heteroatoms. The number of rotatable bonds is 6. The summed E-state index contributed by atoms with van der Waals surface area (Å²) in [5.74, 6) is 0.112. The van der Waals surface area contributed by atoms with Crippen molar-refractivity contribution >= 4 is 28.7 Å². The number of allylic oxidation sites excluding steroid dienone is 4. The van der Waals surface area contributed by atoms with E-state index >= 15 is 0 Å². The molecule has 0 atom stereocenters. The van der Waals surface area contributed by atoms with Gasteiger partial charge in [0.05, 0.1) is 5.69 Å². The molecule has 0 aliphatic rings. The Morgan fingerprint density at radius 3 is 2.83 bits per heavy atom. The zero-order chi connectivity index (χ0) is 16.8. The predicted molar refractivity (Wildman–Crippen MR) is 90.2 cm³/mol. The number of nitrogen functional groups attached to an aromatic ring is 1. The third kappa shape index (κ3) is 3.78. The second-order valence-electron chi connectivity index (χ2n) is 4.47. The lowest BCUT2D eigenvalue weighted by Gasteiger charge is -2.12. The average Bonchev–Trinajstić information content (AvgIpc) is 2.97. The number of hydrogen-bond acceptors (Lipinski definition) is 7. The number of halogens is 1. The summed E-state index contributed by atoms with van der Waals surface area (Å²) in [5.41, 5.74) is 7.90. The highest BCUT2D eigenvalue weighted by Gasteiger charge is 2.17. The van der Waals surface area contributed by atoms with Gasteiger partial charge in [0.1, 0.15) is 5.69 Å². The first-order chi connectivity index (χ1) is 11.1. The Hall–Kier alpha value is -2.61. The minimum absolute atomic E-state index is 0.107. The number of nitrogens with two attached hydrogens (primary N) is 1. The molecule has 0 amide bonds. The van der Waals surface area contributed by atoms with E-state index in [0.29, 0.717) is 17.3 Å². The molecule has 0 saturated heterocycles. The molecule has 2 heterocycles. The van der Waals surface area contributed by atoms with E-state index in [4.69, 9.17) is 17.3 Å². The van der Waals surface area contributed by atoms with E-state index in [0.717, 1.165) is 12.0 Å². The number of alkyl halides is 1. The molecule has 0 unspecified atom stereocenters. The fourth-order valence-electron chi connectivity index (χ4n) is 1.94. The van der Waals surface area contributed by atoms with E-state index in [-0.39, 0.29) is 17.5 Å². The van der Waals surface area contributed by atoms with Crippen molar-refractivity contribution in [3.63, 3.8) is 0 Å². The minimum atomic E-state index is -0.691. The third-order valence-electron chi connectivity index (χ3n) is 2.94. The summed E-state index contributed by atoms with van der Waals surface area (Å²) in [4.78, 5) is 22.1. The van der Waals surface area contributed by atoms with Gasteiger partial charge in [-0.3, -0.25) is 9.51 Å². The number of H-pyrrole nitrogens is 1. The highest BCUT2D eigenvalue weighted by molar-refractivity contribution is 6.19. The number of nitrogens with zero attached hydrogens (tertiary/aromatic N) is 3. The van der Waals surface area contributed by atoms with Gasteiger partial charge in [-0.15, -0.1) is 11.6 Å². The molecule has 4 N–H and O–H groups in total. The molecule has 2 aromatic rings. The Bertz CT molecular complexity index is 793. The lowest BCUT2D eigenvalue weighted by atomic mass is 10.1. The van der Waals surface area contributed by atoms with Gasteiger partial charge < -0.3 is 11.1 Å². The van der Waals surface area contributed by atoms with Crippen molar-refractivity contribution in [1.29, 1.82) is 0 Å². The van der Waals surface area contributed by atoms with Gasteiger partial charge in [0, 0.05) is 12.9 Å². The highest BCUT2D eigenvalue weighted by atomic mass is 35.5. The van der Waals surface area contributed by atoms with Crippen molar-refractivity contribution in [2.45, 2.75) is 13.3 Å². The number of nitrogens with one attached hydrogen (secondary N) is 2. The summed E-state index contributed by atoms with van der Waals surface area (Å²) >= 11 is 5.84. The normalized spacial score (nSPS) is 12.0. The fraction of sp³-hybridized carbons (Fsp3) is 0.286. The molecular formula is C14H17ClN6O2. The van der Waals surface area contributed by atoms with Crippen LogP contribution in [0.1, 0.15) is 19.0 Å². The molecule has 0 bridgehead atoms.